The Balaban J connectivity index is 1.71. The number of sulfonamides is 1. The van der Waals surface area contributed by atoms with Crippen molar-refractivity contribution in [3.63, 3.8) is 0 Å². The van der Waals surface area contributed by atoms with Gasteiger partial charge in [-0.3, -0.25) is 14.8 Å². The number of hydrogen-bond acceptors (Lipinski definition) is 6. The largest absolute Gasteiger partial charge is 0.270 e. The first-order valence-corrected chi connectivity index (χ1v) is 11.9. The molecular weight excluding hydrogens is 456 g/mol. The fraction of sp³-hybridized carbons (Fsp3) is 0.0870. The molecule has 34 heavy (non-hydrogen) atoms. The molecule has 0 bridgehead atoms. The predicted molar refractivity (Wildman–Crippen MR) is 126 cm³/mol. The van der Waals surface area contributed by atoms with Crippen LogP contribution in [0.2, 0.25) is 0 Å². The van der Waals surface area contributed by atoms with E-state index >= 15 is 0 Å². The number of fused-ring (bicyclic) bond motifs is 2. The van der Waals surface area contributed by atoms with Crippen LogP contribution in [0.15, 0.2) is 84.0 Å². The van der Waals surface area contributed by atoms with Crippen molar-refractivity contribution in [2.45, 2.75) is 18.4 Å². The lowest BCUT2D eigenvalue weighted by Gasteiger charge is -2.10. The van der Waals surface area contributed by atoms with Crippen molar-refractivity contribution in [1.82, 2.24) is 14.5 Å². The monoisotopic (exact) mass is 475 g/mol. The molecule has 5 aromatic rings. The summed E-state index contributed by atoms with van der Waals surface area (Å²) in [6, 6.07) is 19.7. The number of aryl methyl sites for hydroxylation is 1. The van der Waals surface area contributed by atoms with Crippen molar-refractivity contribution >= 4 is 43.6 Å². The number of imidazole rings is 1. The van der Waals surface area contributed by atoms with Crippen LogP contribution in [0.25, 0.3) is 27.9 Å². The van der Waals surface area contributed by atoms with Gasteiger partial charge in [0.1, 0.15) is 0 Å². The van der Waals surface area contributed by atoms with Gasteiger partial charge in [0.15, 0.2) is 11.0 Å². The number of nitrogens with zero attached hydrogens (tertiary/aromatic N) is 5. The summed E-state index contributed by atoms with van der Waals surface area (Å²) in [5.74, 6) is 0.297. The van der Waals surface area contributed by atoms with Gasteiger partial charge < -0.3 is 0 Å². The van der Waals surface area contributed by atoms with Crippen molar-refractivity contribution in [1.29, 1.82) is 0 Å². The number of nitrogens with one attached hydrogen (secondary N) is 1. The first kappa shape index (κ1) is 21.5. The second-order valence-electron chi connectivity index (χ2n) is 7.50. The number of rotatable bonds is 6. The quantitative estimate of drug-likeness (QED) is 0.227. The Kier molecular flexibility index (Phi) is 5.17. The first-order chi connectivity index (χ1) is 16.4. The van der Waals surface area contributed by atoms with Gasteiger partial charge in [-0.1, -0.05) is 30.3 Å². The standard InChI is InChI=1S/C23H19N6O4S/c1-2-27-15-28(21-13-6-5-12-20(21)27)23-22(24-18-10-3-4-11-19(18)25-23)26-34(32,33)17-9-7-8-16(14-17)29(30)31/h3-15H,2H2,1H3,(H,24,26)/q+1. The predicted octanol–water partition coefficient (Wildman–Crippen LogP) is 3.59. The molecule has 0 aliphatic carbocycles. The number of hydrogen-bond donors (Lipinski definition) is 1. The van der Waals surface area contributed by atoms with Crippen LogP contribution >= 0.6 is 0 Å². The molecular formula is C23H19N6O4S+. The van der Waals surface area contributed by atoms with Gasteiger partial charge in [0.2, 0.25) is 5.82 Å². The highest BCUT2D eigenvalue weighted by molar-refractivity contribution is 7.92. The Morgan fingerprint density at radius 2 is 1.71 bits per heavy atom. The molecule has 0 saturated heterocycles. The number of anilines is 1. The second kappa shape index (κ2) is 8.19. The van der Waals surface area contributed by atoms with Crippen molar-refractivity contribution in [3.05, 3.63) is 89.2 Å². The maximum atomic E-state index is 13.2. The van der Waals surface area contributed by atoms with E-state index in [0.717, 1.165) is 17.1 Å². The molecule has 0 atom stereocenters. The van der Waals surface area contributed by atoms with E-state index in [1.807, 2.05) is 48.1 Å². The number of benzene rings is 3. The maximum absolute atomic E-state index is 13.2. The lowest BCUT2D eigenvalue weighted by Crippen LogP contribution is -2.30. The Bertz CT molecular complexity index is 1680. The van der Waals surface area contributed by atoms with E-state index in [0.29, 0.717) is 17.6 Å². The molecule has 0 aliphatic heterocycles. The minimum Gasteiger partial charge on any atom is -0.258 e. The third kappa shape index (κ3) is 3.71. The van der Waals surface area contributed by atoms with Crippen LogP contribution in [0.1, 0.15) is 6.92 Å². The van der Waals surface area contributed by atoms with Crippen molar-refractivity contribution < 1.29 is 17.9 Å². The van der Waals surface area contributed by atoms with E-state index in [1.165, 1.54) is 18.2 Å². The van der Waals surface area contributed by atoms with Gasteiger partial charge in [-0.2, -0.15) is 4.57 Å². The summed E-state index contributed by atoms with van der Waals surface area (Å²) >= 11 is 0. The van der Waals surface area contributed by atoms with Gasteiger partial charge >= 0.3 is 0 Å². The minimum atomic E-state index is -4.20. The van der Waals surface area contributed by atoms with Crippen LogP contribution in [-0.4, -0.2) is 27.9 Å². The third-order valence-electron chi connectivity index (χ3n) is 5.40. The summed E-state index contributed by atoms with van der Waals surface area (Å²) in [6.07, 6.45) is 1.84. The van der Waals surface area contributed by atoms with Crippen molar-refractivity contribution in [3.8, 4) is 5.82 Å². The zero-order valence-corrected chi connectivity index (χ0v) is 18.8. The highest BCUT2D eigenvalue weighted by Gasteiger charge is 2.26. The van der Waals surface area contributed by atoms with Crippen LogP contribution in [0, 0.1) is 10.1 Å². The molecule has 0 radical (unpaired) electrons. The van der Waals surface area contributed by atoms with Crippen LogP contribution in [0.5, 0.6) is 0 Å². The maximum Gasteiger partial charge on any atom is 0.270 e. The number of nitro benzene ring substituents is 1. The summed E-state index contributed by atoms with van der Waals surface area (Å²) in [6.45, 7) is 2.71. The highest BCUT2D eigenvalue weighted by atomic mass is 32.2. The van der Waals surface area contributed by atoms with Crippen LogP contribution in [0.4, 0.5) is 11.5 Å². The molecule has 0 fully saturated rings. The van der Waals surface area contributed by atoms with E-state index in [4.69, 9.17) is 4.98 Å². The van der Waals surface area contributed by atoms with Gasteiger partial charge in [0.05, 0.1) is 27.4 Å². The van der Waals surface area contributed by atoms with Gasteiger partial charge in [-0.05, 0) is 37.3 Å². The van der Waals surface area contributed by atoms with E-state index in [-0.39, 0.29) is 22.2 Å². The average Bonchev–Trinajstić information content (AvgIpc) is 3.22. The van der Waals surface area contributed by atoms with E-state index < -0.39 is 14.9 Å². The first-order valence-electron chi connectivity index (χ1n) is 10.4. The second-order valence-corrected chi connectivity index (χ2v) is 9.19. The zero-order chi connectivity index (χ0) is 23.9. The molecule has 170 valence electrons. The molecule has 0 saturated carbocycles. The molecule has 10 nitrogen and oxygen atoms in total. The third-order valence-corrected chi connectivity index (χ3v) is 6.73. The topological polar surface area (TPSA) is 124 Å². The van der Waals surface area contributed by atoms with Crippen LogP contribution < -0.4 is 9.29 Å². The van der Waals surface area contributed by atoms with E-state index in [9.17, 15) is 18.5 Å². The molecule has 1 N–H and O–H groups in total. The smallest absolute Gasteiger partial charge is 0.258 e. The Hall–Kier alpha value is -4.38. The summed E-state index contributed by atoms with van der Waals surface area (Å²) < 4.78 is 32.7. The lowest BCUT2D eigenvalue weighted by atomic mass is 10.3. The fourth-order valence-corrected chi connectivity index (χ4v) is 4.82. The van der Waals surface area contributed by atoms with Gasteiger partial charge in [0.25, 0.3) is 27.9 Å². The number of para-hydroxylation sites is 4. The zero-order valence-electron chi connectivity index (χ0n) is 18.0. The molecule has 0 unspecified atom stereocenters. The normalized spacial score (nSPS) is 11.7. The average molecular weight is 476 g/mol. The highest BCUT2D eigenvalue weighted by Crippen LogP contribution is 2.27. The lowest BCUT2D eigenvalue weighted by molar-refractivity contribution is -0.668. The molecule has 2 aromatic heterocycles. The molecule has 2 heterocycles. The van der Waals surface area contributed by atoms with Gasteiger partial charge in [-0.15, -0.1) is 0 Å². The molecule has 11 heteroatoms. The molecule has 3 aromatic carbocycles. The van der Waals surface area contributed by atoms with Gasteiger partial charge in [0, 0.05) is 12.1 Å². The van der Waals surface area contributed by atoms with Gasteiger partial charge in [-0.25, -0.2) is 23.0 Å². The fourth-order valence-electron chi connectivity index (χ4n) is 3.77. The SMILES string of the molecule is CC[n+]1cn(-c2nc3ccccc3nc2NS(=O)(=O)c2cccc([N+](=O)[O-])c2)c2ccccc21. The number of aromatic nitrogens is 4. The number of non-ortho nitro benzene ring substituents is 1. The number of nitro groups is 1. The molecule has 0 aliphatic rings. The molecule has 0 amide bonds. The van der Waals surface area contributed by atoms with E-state index in [2.05, 4.69) is 9.71 Å². The van der Waals surface area contributed by atoms with Crippen LogP contribution in [-0.2, 0) is 16.6 Å². The molecule has 0 spiro atoms. The summed E-state index contributed by atoms with van der Waals surface area (Å²) in [7, 11) is -4.20. The summed E-state index contributed by atoms with van der Waals surface area (Å²) in [5.41, 5.74) is 2.55. The van der Waals surface area contributed by atoms with Crippen molar-refractivity contribution in [2.75, 3.05) is 4.72 Å². The molecule has 5 rings (SSSR count). The Morgan fingerprint density at radius 1 is 1.00 bits per heavy atom. The Morgan fingerprint density at radius 3 is 2.44 bits per heavy atom. The summed E-state index contributed by atoms with van der Waals surface area (Å²) in [5, 5.41) is 11.1. The van der Waals surface area contributed by atoms with Crippen LogP contribution in [0.3, 0.4) is 0 Å². The minimum absolute atomic E-state index is 0.00853. The van der Waals surface area contributed by atoms with Crippen molar-refractivity contribution in [2.24, 2.45) is 0 Å². The van der Waals surface area contributed by atoms with E-state index in [1.54, 1.807) is 22.8 Å². The summed E-state index contributed by atoms with van der Waals surface area (Å²) in [4.78, 5) is 19.5. The Labute approximate surface area is 194 Å².